The zero-order valence-electron chi connectivity index (χ0n) is 12.8. The highest BCUT2D eigenvalue weighted by Gasteiger charge is 2.20. The van der Waals surface area contributed by atoms with E-state index in [1.54, 1.807) is 11.3 Å². The number of amides is 1. The molecule has 0 radical (unpaired) electrons. The van der Waals surface area contributed by atoms with Crippen LogP contribution in [0.15, 0.2) is 4.52 Å². The molecule has 114 valence electrons. The summed E-state index contributed by atoms with van der Waals surface area (Å²) in [6, 6.07) is 0.130. The number of carbonyl (C=O) groups excluding carboxylic acids is 1. The van der Waals surface area contributed by atoms with E-state index >= 15 is 0 Å². The lowest BCUT2D eigenvalue weighted by atomic mass is 10.2. The summed E-state index contributed by atoms with van der Waals surface area (Å²) >= 11 is 1.69. The second-order valence-electron chi connectivity index (χ2n) is 4.86. The molecule has 7 nitrogen and oxygen atoms in total. The molecule has 0 bridgehead atoms. The van der Waals surface area contributed by atoms with Gasteiger partial charge in [0.1, 0.15) is 0 Å². The van der Waals surface area contributed by atoms with Crippen LogP contribution in [0.5, 0.6) is 0 Å². The molecule has 2 rings (SSSR count). The van der Waals surface area contributed by atoms with Crippen molar-refractivity contribution < 1.29 is 9.32 Å². The van der Waals surface area contributed by atoms with Gasteiger partial charge in [0.25, 0.3) is 11.7 Å². The fraction of sp³-hybridized carbons (Fsp3) is 0.538. The van der Waals surface area contributed by atoms with E-state index in [2.05, 4.69) is 39.2 Å². The molecule has 1 unspecified atom stereocenters. The molecule has 0 fully saturated rings. The Morgan fingerprint density at radius 1 is 1.43 bits per heavy atom. The Balaban J connectivity index is 2.07. The van der Waals surface area contributed by atoms with E-state index in [4.69, 9.17) is 4.52 Å². The molecule has 0 aliphatic carbocycles. The van der Waals surface area contributed by atoms with Gasteiger partial charge in [0.15, 0.2) is 0 Å². The molecule has 2 heterocycles. The molecule has 0 aliphatic heterocycles. The van der Waals surface area contributed by atoms with Gasteiger partial charge in [-0.15, -0.1) is 11.3 Å². The number of nitrogens with one attached hydrogen (secondary N) is 1. The zero-order valence-corrected chi connectivity index (χ0v) is 13.6. The number of thiazole rings is 1. The minimum absolute atomic E-state index is 0.0502. The van der Waals surface area contributed by atoms with Crippen molar-refractivity contribution in [2.75, 3.05) is 14.1 Å². The highest BCUT2D eigenvalue weighted by atomic mass is 32.1. The van der Waals surface area contributed by atoms with E-state index in [1.165, 1.54) is 11.9 Å². The summed E-state index contributed by atoms with van der Waals surface area (Å²) in [7, 11) is 3.49. The molecule has 0 spiro atoms. The largest absolute Gasteiger partial charge is 0.352 e. The van der Waals surface area contributed by atoms with Gasteiger partial charge in [-0.05, 0) is 27.8 Å². The Morgan fingerprint density at radius 3 is 2.71 bits per heavy atom. The number of nitrogens with zero attached hydrogens (tertiary/aromatic N) is 4. The predicted octanol–water partition coefficient (Wildman–Crippen LogP) is 1.70. The van der Waals surface area contributed by atoms with Gasteiger partial charge in [-0.1, -0.05) is 5.16 Å². The minimum atomic E-state index is -0.355. The number of carbonyl (C=O) groups is 1. The predicted molar refractivity (Wildman–Crippen MR) is 79.2 cm³/mol. The normalized spacial score (nSPS) is 12.7. The number of hydrogen-bond donors (Lipinski definition) is 1. The summed E-state index contributed by atoms with van der Waals surface area (Å²) in [5, 5.41) is 7.17. The second-order valence-corrected chi connectivity index (χ2v) is 6.26. The average Bonchev–Trinajstić information content (AvgIpc) is 3.03. The van der Waals surface area contributed by atoms with Crippen LogP contribution in [0.3, 0.4) is 0 Å². The first-order valence-electron chi connectivity index (χ1n) is 6.61. The van der Waals surface area contributed by atoms with E-state index in [9.17, 15) is 4.79 Å². The first-order valence-corrected chi connectivity index (χ1v) is 7.42. The molecule has 0 aromatic carbocycles. The van der Waals surface area contributed by atoms with Crippen molar-refractivity contribution in [1.29, 1.82) is 0 Å². The number of rotatable bonds is 5. The van der Waals surface area contributed by atoms with Gasteiger partial charge in [0, 0.05) is 11.9 Å². The smallest absolute Gasteiger partial charge is 0.292 e. The Bertz CT molecular complexity index is 636. The van der Waals surface area contributed by atoms with Crippen LogP contribution >= 0.6 is 11.3 Å². The summed E-state index contributed by atoms with van der Waals surface area (Å²) < 4.78 is 5.10. The summed E-state index contributed by atoms with van der Waals surface area (Å²) in [5.41, 5.74) is 1.06. The van der Waals surface area contributed by atoms with Crippen LogP contribution in [0, 0.1) is 13.8 Å². The molecule has 1 N–H and O–H groups in total. The van der Waals surface area contributed by atoms with Crippen molar-refractivity contribution in [3.8, 4) is 0 Å². The molecule has 1 amide bonds. The van der Waals surface area contributed by atoms with Crippen LogP contribution in [0.1, 0.15) is 45.1 Å². The Hall–Kier alpha value is -1.80. The lowest BCUT2D eigenvalue weighted by Gasteiger charge is -2.22. The van der Waals surface area contributed by atoms with E-state index < -0.39 is 0 Å². The molecular formula is C13H19N5O2S. The Morgan fingerprint density at radius 2 is 2.14 bits per heavy atom. The third-order valence-electron chi connectivity index (χ3n) is 3.28. The van der Waals surface area contributed by atoms with Gasteiger partial charge in [-0.2, -0.15) is 4.98 Å². The molecule has 2 aromatic heterocycles. The molecule has 1 atom stereocenters. The summed E-state index contributed by atoms with van der Waals surface area (Å²) in [4.78, 5) is 23.3. The summed E-state index contributed by atoms with van der Waals surface area (Å²) in [6.45, 7) is 6.61. The van der Waals surface area contributed by atoms with E-state index in [0.29, 0.717) is 12.4 Å². The summed E-state index contributed by atoms with van der Waals surface area (Å²) in [6.07, 6.45) is 0. The molecule has 21 heavy (non-hydrogen) atoms. The van der Waals surface area contributed by atoms with Crippen LogP contribution in [-0.4, -0.2) is 40.0 Å². The topological polar surface area (TPSA) is 84.2 Å². The quantitative estimate of drug-likeness (QED) is 0.905. The maximum absolute atomic E-state index is 11.4. The maximum Gasteiger partial charge on any atom is 0.292 e. The second kappa shape index (κ2) is 6.31. The van der Waals surface area contributed by atoms with E-state index in [0.717, 1.165) is 10.7 Å². The minimum Gasteiger partial charge on any atom is -0.352 e. The maximum atomic E-state index is 11.4. The lowest BCUT2D eigenvalue weighted by molar-refractivity contribution is 0.0950. The van der Waals surface area contributed by atoms with Crippen LogP contribution in [0.4, 0.5) is 0 Å². The van der Waals surface area contributed by atoms with Gasteiger partial charge in [-0.3, -0.25) is 9.69 Å². The van der Waals surface area contributed by atoms with Crippen molar-refractivity contribution in [3.63, 3.8) is 0 Å². The number of hydrogen-bond acceptors (Lipinski definition) is 7. The Kier molecular flexibility index (Phi) is 4.69. The third-order valence-corrected chi connectivity index (χ3v) is 4.18. The van der Waals surface area contributed by atoms with Crippen molar-refractivity contribution in [2.24, 2.45) is 0 Å². The highest BCUT2D eigenvalue weighted by molar-refractivity contribution is 7.11. The molecule has 8 heteroatoms. The first kappa shape index (κ1) is 15.6. The van der Waals surface area contributed by atoms with Crippen molar-refractivity contribution >= 4 is 17.2 Å². The molecule has 2 aromatic rings. The zero-order chi connectivity index (χ0) is 15.6. The van der Waals surface area contributed by atoms with Crippen molar-refractivity contribution in [1.82, 2.24) is 25.3 Å². The van der Waals surface area contributed by atoms with Gasteiger partial charge in [-0.25, -0.2) is 4.98 Å². The van der Waals surface area contributed by atoms with E-state index in [-0.39, 0.29) is 17.8 Å². The van der Waals surface area contributed by atoms with Gasteiger partial charge in [0.2, 0.25) is 5.89 Å². The number of aromatic nitrogens is 3. The van der Waals surface area contributed by atoms with Gasteiger partial charge < -0.3 is 9.84 Å². The van der Waals surface area contributed by atoms with Crippen LogP contribution in [-0.2, 0) is 6.54 Å². The van der Waals surface area contributed by atoms with Gasteiger partial charge in [0.05, 0.1) is 23.3 Å². The Labute approximate surface area is 127 Å². The highest BCUT2D eigenvalue weighted by Crippen LogP contribution is 2.26. The monoisotopic (exact) mass is 309 g/mol. The van der Waals surface area contributed by atoms with E-state index in [1.807, 2.05) is 14.0 Å². The van der Waals surface area contributed by atoms with Crippen LogP contribution < -0.4 is 5.32 Å². The standard InChI is InChI=1S/C13H19N5O2S/c1-7(11-8(2)21-9(3)15-11)18(5)6-10-16-12(17-20-10)13(19)14-4/h7H,6H2,1-5H3,(H,14,19). The molecule has 0 saturated carbocycles. The number of aryl methyl sites for hydroxylation is 2. The summed E-state index contributed by atoms with van der Waals surface area (Å²) in [5.74, 6) is 0.105. The fourth-order valence-corrected chi connectivity index (χ4v) is 2.92. The van der Waals surface area contributed by atoms with Crippen LogP contribution in [0.25, 0.3) is 0 Å². The average molecular weight is 309 g/mol. The molecule has 0 aliphatic rings. The van der Waals surface area contributed by atoms with Gasteiger partial charge >= 0.3 is 0 Å². The SMILES string of the molecule is CNC(=O)c1noc(CN(C)C(C)c2nc(C)sc2C)n1. The van der Waals surface area contributed by atoms with Crippen molar-refractivity contribution in [2.45, 2.75) is 33.4 Å². The molecule has 0 saturated heterocycles. The lowest BCUT2D eigenvalue weighted by Crippen LogP contribution is -2.23. The first-order chi connectivity index (χ1) is 9.92. The molecular weight excluding hydrogens is 290 g/mol. The van der Waals surface area contributed by atoms with Crippen LogP contribution in [0.2, 0.25) is 0 Å². The van der Waals surface area contributed by atoms with Crippen molar-refractivity contribution in [3.05, 3.63) is 27.3 Å². The third kappa shape index (κ3) is 3.45. The fourth-order valence-electron chi connectivity index (χ4n) is 2.01.